The van der Waals surface area contributed by atoms with E-state index in [1.807, 2.05) is 24.3 Å². The number of aromatic nitrogens is 2. The van der Waals surface area contributed by atoms with E-state index in [4.69, 9.17) is 4.98 Å². The largest absolute Gasteiger partial charge is 0.298 e. The van der Waals surface area contributed by atoms with Gasteiger partial charge in [-0.2, -0.15) is 0 Å². The van der Waals surface area contributed by atoms with Gasteiger partial charge in [-0.1, -0.05) is 48.5 Å². The second-order valence-corrected chi connectivity index (χ2v) is 6.72. The number of imidazole rings is 1. The molecule has 2 heterocycles. The fourth-order valence-electron chi connectivity index (χ4n) is 2.64. The maximum absolute atomic E-state index is 4.91. The molecule has 0 amide bonds. The van der Waals surface area contributed by atoms with Gasteiger partial charge in [-0.3, -0.25) is 4.57 Å². The molecule has 3 heteroatoms. The minimum atomic E-state index is 0.994. The topological polar surface area (TPSA) is 17.8 Å². The fourth-order valence-corrected chi connectivity index (χ4v) is 3.50. The maximum Gasteiger partial charge on any atom is 0.155 e. The summed E-state index contributed by atoms with van der Waals surface area (Å²) in [5.74, 6) is 0.994. The van der Waals surface area contributed by atoms with E-state index in [-0.39, 0.29) is 0 Å². The molecule has 2 aromatic carbocycles. The summed E-state index contributed by atoms with van der Waals surface area (Å²) in [6.45, 7) is 2.13. The highest BCUT2D eigenvalue weighted by atomic mass is 32.1. The minimum Gasteiger partial charge on any atom is -0.298 e. The number of hydrogen-bond acceptors (Lipinski definition) is 2. The molecule has 23 heavy (non-hydrogen) atoms. The summed E-state index contributed by atoms with van der Waals surface area (Å²) in [7, 11) is 0. The van der Waals surface area contributed by atoms with Crippen molar-refractivity contribution in [2.24, 2.45) is 0 Å². The van der Waals surface area contributed by atoms with Crippen LogP contribution in [0.3, 0.4) is 0 Å². The molecule has 0 saturated carbocycles. The molecule has 0 atom stereocenters. The van der Waals surface area contributed by atoms with Gasteiger partial charge in [0, 0.05) is 22.3 Å². The van der Waals surface area contributed by atoms with Gasteiger partial charge in [0.2, 0.25) is 0 Å². The zero-order valence-corrected chi connectivity index (χ0v) is 13.6. The smallest absolute Gasteiger partial charge is 0.155 e. The van der Waals surface area contributed by atoms with Crippen molar-refractivity contribution in [3.8, 4) is 27.6 Å². The molecule has 2 nitrogen and oxygen atoms in total. The van der Waals surface area contributed by atoms with Crippen LogP contribution in [0.5, 0.6) is 0 Å². The summed E-state index contributed by atoms with van der Waals surface area (Å²) in [5.41, 5.74) is 3.26. The van der Waals surface area contributed by atoms with E-state index < -0.39 is 0 Å². The van der Waals surface area contributed by atoms with Crippen molar-refractivity contribution >= 4 is 11.3 Å². The summed E-state index contributed by atoms with van der Waals surface area (Å²) >= 11 is 1.77. The van der Waals surface area contributed by atoms with Gasteiger partial charge in [0.05, 0.1) is 10.6 Å². The van der Waals surface area contributed by atoms with Crippen molar-refractivity contribution in [2.45, 2.75) is 6.92 Å². The van der Waals surface area contributed by atoms with Crippen LogP contribution in [-0.2, 0) is 0 Å². The van der Waals surface area contributed by atoms with Gasteiger partial charge in [-0.15, -0.1) is 11.3 Å². The van der Waals surface area contributed by atoms with E-state index >= 15 is 0 Å². The van der Waals surface area contributed by atoms with Crippen LogP contribution in [0.25, 0.3) is 27.6 Å². The van der Waals surface area contributed by atoms with Crippen LogP contribution in [-0.4, -0.2) is 9.55 Å². The van der Waals surface area contributed by atoms with Gasteiger partial charge < -0.3 is 0 Å². The first-order chi connectivity index (χ1) is 11.3. The van der Waals surface area contributed by atoms with Crippen molar-refractivity contribution in [3.05, 3.63) is 83.9 Å². The number of para-hydroxylation sites is 1. The predicted molar refractivity (Wildman–Crippen MR) is 97.1 cm³/mol. The molecule has 0 unspecified atom stereocenters. The second kappa shape index (κ2) is 5.86. The number of rotatable bonds is 3. The molecule has 4 aromatic rings. The number of nitrogens with zero attached hydrogens (tertiary/aromatic N) is 2. The predicted octanol–water partition coefficient (Wildman–Crippen LogP) is 5.58. The minimum absolute atomic E-state index is 0.994. The van der Waals surface area contributed by atoms with Gasteiger partial charge in [-0.25, -0.2) is 4.98 Å². The maximum atomic E-state index is 4.91. The lowest BCUT2D eigenvalue weighted by Crippen LogP contribution is -1.94. The van der Waals surface area contributed by atoms with Gasteiger partial charge in [-0.05, 0) is 31.2 Å². The fraction of sp³-hybridized carbons (Fsp3) is 0.0500. The van der Waals surface area contributed by atoms with Crippen molar-refractivity contribution in [2.75, 3.05) is 0 Å². The number of hydrogen-bond donors (Lipinski definition) is 0. The molecular formula is C20H16N2S. The Morgan fingerprint density at radius 3 is 2.17 bits per heavy atom. The van der Waals surface area contributed by atoms with Crippen molar-refractivity contribution in [3.63, 3.8) is 0 Å². The molecule has 0 radical (unpaired) electrons. The molecule has 0 aliphatic rings. The molecule has 0 N–H and O–H groups in total. The molecule has 0 spiro atoms. The van der Waals surface area contributed by atoms with E-state index in [9.17, 15) is 0 Å². The average molecular weight is 316 g/mol. The van der Waals surface area contributed by atoms with Crippen molar-refractivity contribution in [1.82, 2.24) is 9.55 Å². The second-order valence-electron chi connectivity index (χ2n) is 5.43. The van der Waals surface area contributed by atoms with Crippen molar-refractivity contribution in [1.29, 1.82) is 0 Å². The monoisotopic (exact) mass is 316 g/mol. The molecule has 0 saturated heterocycles. The summed E-state index contributed by atoms with van der Waals surface area (Å²) < 4.78 is 2.17. The Labute approximate surface area is 139 Å². The third-order valence-electron chi connectivity index (χ3n) is 3.77. The number of aryl methyl sites for hydroxylation is 1. The quantitative estimate of drug-likeness (QED) is 0.482. The summed E-state index contributed by atoms with van der Waals surface area (Å²) in [6.07, 6.45) is 2.12. The first-order valence-corrected chi connectivity index (χ1v) is 8.40. The summed E-state index contributed by atoms with van der Waals surface area (Å²) in [6, 6.07) is 25.0. The zero-order chi connectivity index (χ0) is 15.6. The SMILES string of the molecule is Cc1ccc(-c2nc(-c3ccccc3)cn2-c2ccccc2)s1. The van der Waals surface area contributed by atoms with Crippen LogP contribution in [0.15, 0.2) is 79.0 Å². The third kappa shape index (κ3) is 2.71. The normalized spacial score (nSPS) is 10.8. The first-order valence-electron chi connectivity index (χ1n) is 7.58. The third-order valence-corrected chi connectivity index (χ3v) is 4.77. The first kappa shape index (κ1) is 14.0. The highest BCUT2D eigenvalue weighted by Crippen LogP contribution is 2.31. The summed E-state index contributed by atoms with van der Waals surface area (Å²) in [4.78, 5) is 7.40. The lowest BCUT2D eigenvalue weighted by atomic mass is 10.2. The Kier molecular flexibility index (Phi) is 3.56. The van der Waals surface area contributed by atoms with Crippen LogP contribution in [0.4, 0.5) is 0 Å². The van der Waals surface area contributed by atoms with Crippen LogP contribution in [0.1, 0.15) is 4.88 Å². The molecule has 0 aliphatic carbocycles. The van der Waals surface area contributed by atoms with Crippen LogP contribution >= 0.6 is 11.3 Å². The average Bonchev–Trinajstić information content (AvgIpc) is 3.23. The zero-order valence-electron chi connectivity index (χ0n) is 12.8. The highest BCUT2D eigenvalue weighted by Gasteiger charge is 2.14. The lowest BCUT2D eigenvalue weighted by molar-refractivity contribution is 1.07. The molecule has 0 bridgehead atoms. The van der Waals surface area contributed by atoms with E-state index in [1.54, 1.807) is 11.3 Å². The van der Waals surface area contributed by atoms with Crippen molar-refractivity contribution < 1.29 is 0 Å². The van der Waals surface area contributed by atoms with Crippen LogP contribution in [0, 0.1) is 6.92 Å². The molecule has 4 rings (SSSR count). The Balaban J connectivity index is 1.91. The van der Waals surface area contributed by atoms with Gasteiger partial charge >= 0.3 is 0 Å². The number of benzene rings is 2. The summed E-state index contributed by atoms with van der Waals surface area (Å²) in [5, 5.41) is 0. The number of thiophene rings is 1. The standard InChI is InChI=1S/C20H16N2S/c1-15-12-13-19(23-15)20-21-18(16-8-4-2-5-9-16)14-22(20)17-10-6-3-7-11-17/h2-14H,1H3. The van der Waals surface area contributed by atoms with Gasteiger partial charge in [0.25, 0.3) is 0 Å². The van der Waals surface area contributed by atoms with Crippen LogP contribution < -0.4 is 0 Å². The van der Waals surface area contributed by atoms with E-state index in [0.29, 0.717) is 0 Å². The molecule has 0 fully saturated rings. The van der Waals surface area contributed by atoms with E-state index in [1.165, 1.54) is 9.75 Å². The highest BCUT2D eigenvalue weighted by molar-refractivity contribution is 7.15. The molecule has 2 aromatic heterocycles. The van der Waals surface area contributed by atoms with Gasteiger partial charge in [0.1, 0.15) is 0 Å². The molecular weight excluding hydrogens is 300 g/mol. The van der Waals surface area contributed by atoms with Crippen LogP contribution in [0.2, 0.25) is 0 Å². The van der Waals surface area contributed by atoms with E-state index in [2.05, 4.69) is 66.2 Å². The Bertz CT molecular complexity index is 921. The lowest BCUT2D eigenvalue weighted by Gasteiger charge is -2.05. The molecule has 112 valence electrons. The van der Waals surface area contributed by atoms with Gasteiger partial charge in [0.15, 0.2) is 5.82 Å². The van der Waals surface area contributed by atoms with E-state index in [0.717, 1.165) is 22.8 Å². The Morgan fingerprint density at radius 1 is 0.826 bits per heavy atom. The Hall–Kier alpha value is -2.65. The molecule has 0 aliphatic heterocycles. The Morgan fingerprint density at radius 2 is 1.52 bits per heavy atom.